The standard InChI is InChI=1S/C10H12N4O2/c1-3-8-7(4-5-16-8)9(15)12-10-11-6(2)13-14-10/h4-5H,3H2,1-2H3,(H2,11,12,13,14,15). The van der Waals surface area contributed by atoms with Crippen LogP contribution in [0.5, 0.6) is 0 Å². The van der Waals surface area contributed by atoms with Crippen LogP contribution in [0.4, 0.5) is 5.95 Å². The Labute approximate surface area is 92.1 Å². The molecule has 0 aliphatic carbocycles. The Morgan fingerprint density at radius 1 is 1.62 bits per heavy atom. The average Bonchev–Trinajstić information content (AvgIpc) is 2.86. The van der Waals surface area contributed by atoms with Gasteiger partial charge in [-0.15, -0.1) is 5.10 Å². The number of carbonyl (C=O) groups excluding carboxylic acids is 1. The number of carbonyl (C=O) groups is 1. The lowest BCUT2D eigenvalue weighted by Gasteiger charge is -1.99. The normalized spacial score (nSPS) is 10.4. The van der Waals surface area contributed by atoms with E-state index in [1.807, 2.05) is 6.92 Å². The number of anilines is 1. The third-order valence-corrected chi connectivity index (χ3v) is 2.13. The first-order chi connectivity index (χ1) is 7.70. The minimum atomic E-state index is -0.260. The maximum Gasteiger partial charge on any atom is 0.261 e. The minimum Gasteiger partial charge on any atom is -0.469 e. The van der Waals surface area contributed by atoms with Crippen LogP contribution >= 0.6 is 0 Å². The molecular formula is C10H12N4O2. The van der Waals surface area contributed by atoms with Gasteiger partial charge in [0.1, 0.15) is 11.6 Å². The molecule has 1 amide bonds. The summed E-state index contributed by atoms with van der Waals surface area (Å²) in [5.74, 6) is 1.32. The SMILES string of the molecule is CCc1occc1C(=O)Nc1n[nH]c(C)n1. The molecule has 2 aromatic rings. The first kappa shape index (κ1) is 10.4. The Bertz CT molecular complexity index is 500. The van der Waals surface area contributed by atoms with E-state index in [-0.39, 0.29) is 11.9 Å². The molecule has 0 aliphatic heterocycles. The largest absolute Gasteiger partial charge is 0.469 e. The van der Waals surface area contributed by atoms with Crippen molar-refractivity contribution >= 4 is 11.9 Å². The molecule has 0 atom stereocenters. The molecule has 0 saturated carbocycles. The molecule has 0 aromatic carbocycles. The fourth-order valence-electron chi connectivity index (χ4n) is 1.38. The highest BCUT2D eigenvalue weighted by Gasteiger charge is 2.14. The monoisotopic (exact) mass is 220 g/mol. The number of hydrogen-bond acceptors (Lipinski definition) is 4. The molecular weight excluding hydrogens is 208 g/mol. The molecule has 0 saturated heterocycles. The highest BCUT2D eigenvalue weighted by Crippen LogP contribution is 2.12. The number of H-pyrrole nitrogens is 1. The number of amides is 1. The summed E-state index contributed by atoms with van der Waals surface area (Å²) in [4.78, 5) is 15.8. The van der Waals surface area contributed by atoms with E-state index in [0.717, 1.165) is 0 Å². The van der Waals surface area contributed by atoms with Crippen molar-refractivity contribution in [3.05, 3.63) is 29.5 Å². The summed E-state index contributed by atoms with van der Waals surface area (Å²) in [5, 5.41) is 9.06. The minimum absolute atomic E-state index is 0.260. The smallest absolute Gasteiger partial charge is 0.261 e. The van der Waals surface area contributed by atoms with Gasteiger partial charge in [-0.05, 0) is 13.0 Å². The van der Waals surface area contributed by atoms with E-state index in [2.05, 4.69) is 20.5 Å². The lowest BCUT2D eigenvalue weighted by molar-refractivity contribution is 0.102. The Morgan fingerprint density at radius 2 is 2.44 bits per heavy atom. The molecule has 6 nitrogen and oxygen atoms in total. The van der Waals surface area contributed by atoms with Gasteiger partial charge in [0.05, 0.1) is 11.8 Å². The quantitative estimate of drug-likeness (QED) is 0.821. The Balaban J connectivity index is 2.14. The van der Waals surface area contributed by atoms with E-state index in [1.165, 1.54) is 6.26 Å². The van der Waals surface area contributed by atoms with Crippen LogP contribution in [0.1, 0.15) is 28.9 Å². The summed E-state index contributed by atoms with van der Waals surface area (Å²) in [6.45, 7) is 3.69. The van der Waals surface area contributed by atoms with Crippen molar-refractivity contribution in [2.24, 2.45) is 0 Å². The van der Waals surface area contributed by atoms with Gasteiger partial charge in [-0.25, -0.2) is 0 Å². The summed E-state index contributed by atoms with van der Waals surface area (Å²) in [5.41, 5.74) is 0.518. The van der Waals surface area contributed by atoms with Crippen LogP contribution in [0.2, 0.25) is 0 Å². The molecule has 0 aliphatic rings. The van der Waals surface area contributed by atoms with Crippen molar-refractivity contribution in [2.75, 3.05) is 5.32 Å². The molecule has 6 heteroatoms. The van der Waals surface area contributed by atoms with Crippen molar-refractivity contribution in [3.63, 3.8) is 0 Å². The summed E-state index contributed by atoms with van der Waals surface area (Å²) in [7, 11) is 0. The van der Waals surface area contributed by atoms with Gasteiger partial charge in [-0.2, -0.15) is 4.98 Å². The van der Waals surface area contributed by atoms with E-state index in [4.69, 9.17) is 4.42 Å². The number of hydrogen-bond donors (Lipinski definition) is 2. The lowest BCUT2D eigenvalue weighted by Crippen LogP contribution is -2.13. The number of aromatic nitrogens is 3. The zero-order valence-electron chi connectivity index (χ0n) is 9.07. The zero-order chi connectivity index (χ0) is 11.5. The van der Waals surface area contributed by atoms with Gasteiger partial charge >= 0.3 is 0 Å². The fraction of sp³-hybridized carbons (Fsp3) is 0.300. The number of nitrogens with one attached hydrogen (secondary N) is 2. The topological polar surface area (TPSA) is 83.8 Å². The van der Waals surface area contributed by atoms with Crippen LogP contribution in [0, 0.1) is 6.92 Å². The average molecular weight is 220 g/mol. The molecule has 0 unspecified atom stereocenters. The molecule has 2 heterocycles. The van der Waals surface area contributed by atoms with Gasteiger partial charge in [0.25, 0.3) is 5.91 Å². The van der Waals surface area contributed by atoms with Crippen molar-refractivity contribution in [1.29, 1.82) is 0 Å². The van der Waals surface area contributed by atoms with Crippen molar-refractivity contribution in [2.45, 2.75) is 20.3 Å². The first-order valence-electron chi connectivity index (χ1n) is 4.97. The third kappa shape index (κ3) is 1.95. The summed E-state index contributed by atoms with van der Waals surface area (Å²) in [6.07, 6.45) is 2.17. The van der Waals surface area contributed by atoms with Gasteiger partial charge in [0.2, 0.25) is 5.95 Å². The molecule has 2 rings (SSSR count). The van der Waals surface area contributed by atoms with Crippen molar-refractivity contribution < 1.29 is 9.21 Å². The highest BCUT2D eigenvalue weighted by molar-refractivity contribution is 6.04. The lowest BCUT2D eigenvalue weighted by atomic mass is 10.2. The number of aromatic amines is 1. The second-order valence-corrected chi connectivity index (χ2v) is 3.31. The highest BCUT2D eigenvalue weighted by atomic mass is 16.3. The van der Waals surface area contributed by atoms with Crippen molar-refractivity contribution in [1.82, 2.24) is 15.2 Å². The van der Waals surface area contributed by atoms with E-state index in [1.54, 1.807) is 13.0 Å². The van der Waals surface area contributed by atoms with Crippen LogP contribution in [0.25, 0.3) is 0 Å². The maximum atomic E-state index is 11.8. The summed E-state index contributed by atoms with van der Waals surface area (Å²) in [6, 6.07) is 1.63. The van der Waals surface area contributed by atoms with Gasteiger partial charge < -0.3 is 4.42 Å². The van der Waals surface area contributed by atoms with Gasteiger partial charge in [0.15, 0.2) is 0 Å². The van der Waals surface area contributed by atoms with E-state index >= 15 is 0 Å². The first-order valence-corrected chi connectivity index (χ1v) is 4.97. The van der Waals surface area contributed by atoms with E-state index in [9.17, 15) is 4.79 Å². The molecule has 0 bridgehead atoms. The molecule has 2 aromatic heterocycles. The van der Waals surface area contributed by atoms with E-state index < -0.39 is 0 Å². The van der Waals surface area contributed by atoms with Crippen LogP contribution in [-0.4, -0.2) is 21.1 Å². The summed E-state index contributed by atoms with van der Waals surface area (Å²) < 4.78 is 5.17. The fourth-order valence-corrected chi connectivity index (χ4v) is 1.38. The molecule has 2 N–H and O–H groups in total. The number of furan rings is 1. The molecule has 0 spiro atoms. The number of nitrogens with zero attached hydrogens (tertiary/aromatic N) is 2. The zero-order valence-corrected chi connectivity index (χ0v) is 9.07. The predicted octanol–water partition coefficient (Wildman–Crippen LogP) is 1.52. The number of aryl methyl sites for hydroxylation is 2. The predicted molar refractivity (Wildman–Crippen MR) is 57.2 cm³/mol. The van der Waals surface area contributed by atoms with Crippen LogP contribution in [-0.2, 0) is 6.42 Å². The second-order valence-electron chi connectivity index (χ2n) is 3.31. The van der Waals surface area contributed by atoms with Gasteiger partial charge in [-0.3, -0.25) is 15.2 Å². The maximum absolute atomic E-state index is 11.8. The molecule has 16 heavy (non-hydrogen) atoms. The Morgan fingerprint density at radius 3 is 3.06 bits per heavy atom. The number of rotatable bonds is 3. The third-order valence-electron chi connectivity index (χ3n) is 2.13. The molecule has 0 fully saturated rings. The van der Waals surface area contributed by atoms with Crippen LogP contribution in [0.15, 0.2) is 16.7 Å². The second kappa shape index (κ2) is 4.18. The van der Waals surface area contributed by atoms with Crippen molar-refractivity contribution in [3.8, 4) is 0 Å². The van der Waals surface area contributed by atoms with Crippen LogP contribution < -0.4 is 5.32 Å². The van der Waals surface area contributed by atoms with Crippen LogP contribution in [0.3, 0.4) is 0 Å². The Kier molecular flexibility index (Phi) is 2.72. The van der Waals surface area contributed by atoms with Gasteiger partial charge in [0, 0.05) is 6.42 Å². The Hall–Kier alpha value is -2.11. The molecule has 84 valence electrons. The van der Waals surface area contributed by atoms with Gasteiger partial charge in [-0.1, -0.05) is 6.92 Å². The summed E-state index contributed by atoms with van der Waals surface area (Å²) >= 11 is 0. The molecule has 0 radical (unpaired) electrons. The van der Waals surface area contributed by atoms with E-state index in [0.29, 0.717) is 23.6 Å².